The van der Waals surface area contributed by atoms with Gasteiger partial charge in [-0.05, 0) is 36.8 Å². The highest BCUT2D eigenvalue weighted by atomic mass is 16.6. The fourth-order valence-corrected chi connectivity index (χ4v) is 4.83. The summed E-state index contributed by atoms with van der Waals surface area (Å²) in [6.45, 7) is 6.04. The van der Waals surface area contributed by atoms with Crippen molar-refractivity contribution < 1.29 is 19.1 Å². The lowest BCUT2D eigenvalue weighted by atomic mass is 9.91. The molecule has 0 atom stereocenters. The molecule has 0 radical (unpaired) electrons. The Kier molecular flexibility index (Phi) is 7.25. The Hall–Kier alpha value is -3.99. The summed E-state index contributed by atoms with van der Waals surface area (Å²) < 4.78 is 7.92. The number of carbonyl (C=O) groups excluding carboxylic acids is 3. The molecule has 1 spiro atoms. The number of carbonyl (C=O) groups is 1. The van der Waals surface area contributed by atoms with Crippen LogP contribution in [0.5, 0.6) is 0 Å². The average molecular weight is 474 g/mol. The first-order valence-corrected chi connectivity index (χ1v) is 11.7. The zero-order valence-electron chi connectivity index (χ0n) is 19.6. The highest BCUT2D eigenvalue weighted by Gasteiger charge is 2.47. The zero-order valence-corrected chi connectivity index (χ0v) is 19.6. The minimum absolute atomic E-state index is 0.248. The third kappa shape index (κ3) is 5.09. The summed E-state index contributed by atoms with van der Waals surface area (Å²) in [5, 5.41) is 15.3. The van der Waals surface area contributed by atoms with Gasteiger partial charge in [0.2, 0.25) is 0 Å². The van der Waals surface area contributed by atoms with Crippen LogP contribution >= 0.6 is 0 Å². The third-order valence-corrected chi connectivity index (χ3v) is 6.57. The van der Waals surface area contributed by atoms with E-state index in [4.69, 9.17) is 19.4 Å². The molecule has 2 saturated heterocycles. The van der Waals surface area contributed by atoms with Gasteiger partial charge in [-0.3, -0.25) is 14.5 Å². The summed E-state index contributed by atoms with van der Waals surface area (Å²) in [6, 6.07) is 17.8. The number of amides is 1. The molecule has 2 aromatic carbocycles. The summed E-state index contributed by atoms with van der Waals surface area (Å²) in [7, 11) is 0. The molecule has 0 N–H and O–H groups in total. The van der Waals surface area contributed by atoms with Crippen molar-refractivity contribution in [2.45, 2.75) is 44.9 Å². The molecule has 3 heterocycles. The molecule has 0 aliphatic carbocycles. The Bertz CT molecular complexity index is 1270. The van der Waals surface area contributed by atoms with E-state index in [1.165, 1.54) is 0 Å². The zero-order chi connectivity index (χ0) is 24.8. The van der Waals surface area contributed by atoms with Crippen molar-refractivity contribution in [3.63, 3.8) is 0 Å². The second-order valence-corrected chi connectivity index (χ2v) is 8.85. The number of benzene rings is 2. The highest BCUT2D eigenvalue weighted by Crippen LogP contribution is 2.36. The number of aryl methyl sites for hydroxylation is 1. The van der Waals surface area contributed by atoms with E-state index in [0.717, 1.165) is 67.7 Å². The predicted molar refractivity (Wildman–Crippen MR) is 127 cm³/mol. The number of nitriles is 1. The number of anilines is 1. The number of nitrogens with zero attached hydrogens (tertiary/aromatic N) is 5. The first-order valence-electron chi connectivity index (χ1n) is 11.7. The number of para-hydroxylation sites is 1. The van der Waals surface area contributed by atoms with Crippen LogP contribution in [0.25, 0.3) is 10.9 Å². The largest absolute Gasteiger partial charge is 0.441 e. The van der Waals surface area contributed by atoms with Crippen molar-refractivity contribution in [1.29, 1.82) is 5.26 Å². The molecule has 1 aromatic heterocycles. The second-order valence-electron chi connectivity index (χ2n) is 8.85. The summed E-state index contributed by atoms with van der Waals surface area (Å²) in [6.07, 6.45) is 2.62. The number of rotatable bonds is 5. The van der Waals surface area contributed by atoms with Gasteiger partial charge in [-0.15, -0.1) is 0 Å². The molecule has 5 rings (SSSR count). The first kappa shape index (κ1) is 24.1. The van der Waals surface area contributed by atoms with E-state index in [1.807, 2.05) is 53.2 Å². The highest BCUT2D eigenvalue weighted by molar-refractivity contribution is 5.90. The summed E-state index contributed by atoms with van der Waals surface area (Å²) >= 11 is 0. The van der Waals surface area contributed by atoms with Crippen LogP contribution in [-0.2, 0) is 27.4 Å². The molecule has 1 amide bonds. The van der Waals surface area contributed by atoms with Crippen LogP contribution in [0.1, 0.15) is 37.4 Å². The van der Waals surface area contributed by atoms with Crippen LogP contribution in [0.3, 0.4) is 0 Å². The Labute approximate surface area is 203 Å². The Balaban J connectivity index is 0.000000917. The lowest BCUT2D eigenvalue weighted by molar-refractivity contribution is -0.191. The summed E-state index contributed by atoms with van der Waals surface area (Å²) in [5.41, 5.74) is 3.21. The van der Waals surface area contributed by atoms with E-state index < -0.39 is 5.60 Å². The average Bonchev–Trinajstić information content (AvgIpc) is 3.38. The fraction of sp³-hybridized carbons (Fsp3) is 0.385. The van der Waals surface area contributed by atoms with Gasteiger partial charge in [0.25, 0.3) is 0 Å². The molecule has 180 valence electrons. The number of hydrogen-bond donors (Lipinski definition) is 0. The number of hydrogen-bond acceptors (Lipinski definition) is 7. The maximum atomic E-state index is 12.5. The maximum absolute atomic E-state index is 12.5. The van der Waals surface area contributed by atoms with Crippen molar-refractivity contribution >= 4 is 28.8 Å². The van der Waals surface area contributed by atoms with Crippen molar-refractivity contribution in [1.82, 2.24) is 14.7 Å². The maximum Gasteiger partial charge on any atom is 0.415 e. The molecule has 2 aliphatic heterocycles. The smallest absolute Gasteiger partial charge is 0.415 e. The van der Waals surface area contributed by atoms with Crippen LogP contribution in [0.4, 0.5) is 10.5 Å². The summed E-state index contributed by atoms with van der Waals surface area (Å²) in [4.78, 5) is 32.9. The standard InChI is InChI=1S/C25H27N5O2.CO2/c1-2-12-30-23-15-19(16-26)8-9-21(23)22(27-30)17-28-13-10-25(11-14-28)18-29(24(31)32-25)20-6-4-3-5-7-20;2-1-3/h3-9,15H,2,10-14,17-18H2,1H3;. The monoisotopic (exact) mass is 473 g/mol. The van der Waals surface area contributed by atoms with Gasteiger partial charge < -0.3 is 4.74 Å². The second kappa shape index (κ2) is 10.5. The van der Waals surface area contributed by atoms with Gasteiger partial charge in [0.1, 0.15) is 5.60 Å². The topological polar surface area (TPSA) is 109 Å². The number of ether oxygens (including phenoxy) is 1. The van der Waals surface area contributed by atoms with Gasteiger partial charge in [0.15, 0.2) is 0 Å². The molecular weight excluding hydrogens is 446 g/mol. The molecule has 9 heteroatoms. The Morgan fingerprint density at radius 3 is 2.49 bits per heavy atom. The van der Waals surface area contributed by atoms with Gasteiger partial charge in [0.05, 0.1) is 29.4 Å². The van der Waals surface area contributed by atoms with Crippen molar-refractivity contribution in [2.75, 3.05) is 24.5 Å². The molecule has 2 aliphatic rings. The van der Waals surface area contributed by atoms with Gasteiger partial charge in [-0.2, -0.15) is 19.9 Å². The number of piperidine rings is 1. The van der Waals surface area contributed by atoms with E-state index in [1.54, 1.807) is 4.90 Å². The summed E-state index contributed by atoms with van der Waals surface area (Å²) in [5.74, 6) is 0. The lowest BCUT2D eigenvalue weighted by Crippen LogP contribution is -2.46. The molecule has 3 aromatic rings. The minimum atomic E-state index is -0.408. The Morgan fingerprint density at radius 2 is 1.83 bits per heavy atom. The SMILES string of the molecule is CCCn1nc(CN2CCC3(CC2)CN(c2ccccc2)C(=O)O3)c2ccc(C#N)cc21.O=C=O. The van der Waals surface area contributed by atoms with E-state index in [9.17, 15) is 10.1 Å². The Morgan fingerprint density at radius 1 is 1.11 bits per heavy atom. The normalized spacial score (nSPS) is 16.9. The van der Waals surface area contributed by atoms with Crippen molar-refractivity contribution in [3.8, 4) is 6.07 Å². The van der Waals surface area contributed by atoms with Crippen molar-refractivity contribution in [3.05, 3.63) is 59.8 Å². The van der Waals surface area contributed by atoms with Crippen molar-refractivity contribution in [2.24, 2.45) is 0 Å². The molecule has 0 saturated carbocycles. The van der Waals surface area contributed by atoms with Crippen LogP contribution < -0.4 is 4.90 Å². The van der Waals surface area contributed by atoms with E-state index in [0.29, 0.717) is 12.1 Å². The van der Waals surface area contributed by atoms with Crippen LogP contribution in [0.15, 0.2) is 48.5 Å². The number of likely N-dealkylation sites (tertiary alicyclic amines) is 1. The number of aromatic nitrogens is 2. The third-order valence-electron chi connectivity index (χ3n) is 6.57. The van der Waals surface area contributed by atoms with Gasteiger partial charge in [-0.1, -0.05) is 25.1 Å². The predicted octanol–water partition coefficient (Wildman–Crippen LogP) is 3.73. The van der Waals surface area contributed by atoms with Gasteiger partial charge in [-0.25, -0.2) is 4.79 Å². The fourth-order valence-electron chi connectivity index (χ4n) is 4.83. The molecule has 2 fully saturated rings. The van der Waals surface area contributed by atoms with Gasteiger partial charge in [0, 0.05) is 50.1 Å². The molecule has 35 heavy (non-hydrogen) atoms. The molecule has 0 bridgehead atoms. The van der Waals surface area contributed by atoms with E-state index >= 15 is 0 Å². The van der Waals surface area contributed by atoms with E-state index in [-0.39, 0.29) is 12.2 Å². The molecule has 0 unspecified atom stereocenters. The lowest BCUT2D eigenvalue weighted by Gasteiger charge is -2.37. The quantitative estimate of drug-likeness (QED) is 0.555. The van der Waals surface area contributed by atoms with E-state index in [2.05, 4.69) is 17.9 Å². The van der Waals surface area contributed by atoms with Crippen LogP contribution in [0.2, 0.25) is 0 Å². The van der Waals surface area contributed by atoms with Crippen LogP contribution in [0, 0.1) is 11.3 Å². The molecular formula is C26H27N5O4. The molecule has 9 nitrogen and oxygen atoms in total. The van der Waals surface area contributed by atoms with Crippen LogP contribution in [-0.4, -0.2) is 52.2 Å². The number of fused-ring (bicyclic) bond motifs is 1. The first-order chi connectivity index (χ1) is 17.0. The van der Waals surface area contributed by atoms with Gasteiger partial charge >= 0.3 is 12.2 Å². The minimum Gasteiger partial charge on any atom is -0.441 e.